The molecule has 1 aromatic carbocycles. The molecule has 6 nitrogen and oxygen atoms in total. The molecule has 0 aromatic heterocycles. The van der Waals surface area contributed by atoms with Gasteiger partial charge in [-0.15, -0.1) is 0 Å². The normalized spacial score (nSPS) is 22.5. The molecule has 2 heterocycles. The van der Waals surface area contributed by atoms with Gasteiger partial charge in [-0.1, -0.05) is 0 Å². The van der Waals surface area contributed by atoms with Crippen molar-refractivity contribution in [1.29, 1.82) is 0 Å². The number of piperazine rings is 1. The average Bonchev–Trinajstić information content (AvgIpc) is 3.13. The summed E-state index contributed by atoms with van der Waals surface area (Å²) in [6.07, 6.45) is 1.98. The molecule has 0 radical (unpaired) electrons. The molecule has 2 fully saturated rings. The Kier molecular flexibility index (Phi) is 6.07. The third-order valence-corrected chi connectivity index (χ3v) is 4.77. The lowest BCUT2D eigenvalue weighted by Crippen LogP contribution is -2.45. The van der Waals surface area contributed by atoms with Gasteiger partial charge < -0.3 is 20.3 Å². The third kappa shape index (κ3) is 4.93. The Morgan fingerprint density at radius 1 is 1.25 bits per heavy atom. The number of benzene rings is 1. The van der Waals surface area contributed by atoms with Crippen molar-refractivity contribution in [2.75, 3.05) is 58.2 Å². The summed E-state index contributed by atoms with van der Waals surface area (Å²) in [5.74, 6) is 0.900. The van der Waals surface area contributed by atoms with Crippen LogP contribution in [-0.2, 0) is 4.79 Å². The van der Waals surface area contributed by atoms with Crippen molar-refractivity contribution in [3.8, 4) is 5.75 Å². The first-order valence-electron chi connectivity index (χ1n) is 8.89. The molecule has 0 aliphatic carbocycles. The van der Waals surface area contributed by atoms with Crippen LogP contribution in [0.15, 0.2) is 24.3 Å². The van der Waals surface area contributed by atoms with Crippen LogP contribution in [0.1, 0.15) is 12.8 Å². The predicted molar refractivity (Wildman–Crippen MR) is 95.5 cm³/mol. The van der Waals surface area contributed by atoms with Gasteiger partial charge in [0.25, 0.3) is 0 Å². The highest BCUT2D eigenvalue weighted by Gasteiger charge is 2.21. The van der Waals surface area contributed by atoms with E-state index < -0.39 is 0 Å². The van der Waals surface area contributed by atoms with Gasteiger partial charge in [-0.25, -0.2) is 0 Å². The summed E-state index contributed by atoms with van der Waals surface area (Å²) in [5.41, 5.74) is 0.820. The monoisotopic (exact) mass is 332 g/mol. The first-order valence-corrected chi connectivity index (χ1v) is 8.89. The van der Waals surface area contributed by atoms with Crippen molar-refractivity contribution >= 4 is 11.6 Å². The molecule has 1 atom stereocenters. The number of hydrogen-bond donors (Lipinski definition) is 2. The minimum atomic E-state index is -0.0514. The summed E-state index contributed by atoms with van der Waals surface area (Å²) in [6, 6.07) is 7.59. The van der Waals surface area contributed by atoms with Crippen LogP contribution in [-0.4, -0.2) is 74.7 Å². The summed E-state index contributed by atoms with van der Waals surface area (Å²) in [5, 5.41) is 6.16. The van der Waals surface area contributed by atoms with Crippen LogP contribution in [0.3, 0.4) is 0 Å². The SMILES string of the molecule is CN1CCN(CCOc2ccc(NC(=O)C3CCCN3)cc2)CC1. The molecule has 2 aliphatic rings. The van der Waals surface area contributed by atoms with Gasteiger partial charge in [-0.2, -0.15) is 0 Å². The average molecular weight is 332 g/mol. The van der Waals surface area contributed by atoms with Crippen molar-refractivity contribution in [2.24, 2.45) is 0 Å². The smallest absolute Gasteiger partial charge is 0.241 e. The Bertz CT molecular complexity index is 520. The van der Waals surface area contributed by atoms with Crippen LogP contribution < -0.4 is 15.4 Å². The maximum Gasteiger partial charge on any atom is 0.241 e. The lowest BCUT2D eigenvalue weighted by molar-refractivity contribution is -0.117. The minimum absolute atomic E-state index is 0.0514. The largest absolute Gasteiger partial charge is 0.492 e. The summed E-state index contributed by atoms with van der Waals surface area (Å²) in [4.78, 5) is 16.8. The number of anilines is 1. The third-order valence-electron chi connectivity index (χ3n) is 4.77. The van der Waals surface area contributed by atoms with E-state index in [0.717, 1.165) is 63.5 Å². The molecular weight excluding hydrogens is 304 g/mol. The van der Waals surface area contributed by atoms with Crippen molar-refractivity contribution < 1.29 is 9.53 Å². The highest BCUT2D eigenvalue weighted by atomic mass is 16.5. The number of likely N-dealkylation sites (N-methyl/N-ethyl adjacent to an activating group) is 1. The van der Waals surface area contributed by atoms with Crippen LogP contribution in [0.4, 0.5) is 5.69 Å². The molecule has 0 spiro atoms. The van der Waals surface area contributed by atoms with E-state index in [4.69, 9.17) is 4.74 Å². The first-order chi connectivity index (χ1) is 11.7. The fraction of sp³-hybridized carbons (Fsp3) is 0.611. The second kappa shape index (κ2) is 8.46. The number of amides is 1. The number of nitrogens with zero attached hydrogens (tertiary/aromatic N) is 2. The van der Waals surface area contributed by atoms with Gasteiger partial charge >= 0.3 is 0 Å². The molecular formula is C18H28N4O2. The molecule has 2 N–H and O–H groups in total. The van der Waals surface area contributed by atoms with Gasteiger partial charge in [0.1, 0.15) is 12.4 Å². The van der Waals surface area contributed by atoms with Gasteiger partial charge in [-0.3, -0.25) is 9.69 Å². The predicted octanol–water partition coefficient (Wildman–Crippen LogP) is 1.00. The molecule has 6 heteroatoms. The van der Waals surface area contributed by atoms with Gasteiger partial charge in [-0.05, 0) is 50.7 Å². The van der Waals surface area contributed by atoms with E-state index in [2.05, 4.69) is 27.5 Å². The van der Waals surface area contributed by atoms with E-state index in [9.17, 15) is 4.79 Å². The van der Waals surface area contributed by atoms with E-state index in [1.807, 2.05) is 24.3 Å². The van der Waals surface area contributed by atoms with Crippen molar-refractivity contribution in [3.05, 3.63) is 24.3 Å². The number of carbonyl (C=O) groups excluding carboxylic acids is 1. The molecule has 2 saturated heterocycles. The second-order valence-electron chi connectivity index (χ2n) is 6.66. The van der Waals surface area contributed by atoms with Crippen molar-refractivity contribution in [1.82, 2.24) is 15.1 Å². The van der Waals surface area contributed by atoms with Crippen molar-refractivity contribution in [2.45, 2.75) is 18.9 Å². The topological polar surface area (TPSA) is 56.8 Å². The van der Waals surface area contributed by atoms with Crippen LogP contribution in [0.5, 0.6) is 5.75 Å². The molecule has 3 rings (SSSR count). The number of rotatable bonds is 6. The van der Waals surface area contributed by atoms with E-state index in [0.29, 0.717) is 6.61 Å². The zero-order valence-corrected chi connectivity index (χ0v) is 14.5. The highest BCUT2D eigenvalue weighted by molar-refractivity contribution is 5.95. The van der Waals surface area contributed by atoms with Gasteiger partial charge in [0.05, 0.1) is 6.04 Å². The van der Waals surface area contributed by atoms with E-state index in [-0.39, 0.29) is 11.9 Å². The molecule has 1 unspecified atom stereocenters. The molecule has 1 aromatic rings. The Morgan fingerprint density at radius 2 is 2.00 bits per heavy atom. The Hall–Kier alpha value is -1.63. The number of nitrogens with one attached hydrogen (secondary N) is 2. The quantitative estimate of drug-likeness (QED) is 0.814. The van der Waals surface area contributed by atoms with Gasteiger partial charge in [0.15, 0.2) is 0 Å². The summed E-state index contributed by atoms with van der Waals surface area (Å²) in [7, 11) is 2.16. The highest BCUT2D eigenvalue weighted by Crippen LogP contribution is 2.17. The number of hydrogen-bond acceptors (Lipinski definition) is 5. The van der Waals surface area contributed by atoms with Crippen molar-refractivity contribution in [3.63, 3.8) is 0 Å². The molecule has 24 heavy (non-hydrogen) atoms. The number of ether oxygens (including phenoxy) is 1. The van der Waals surface area contributed by atoms with Gasteiger partial charge in [0, 0.05) is 38.4 Å². The molecule has 2 aliphatic heterocycles. The lowest BCUT2D eigenvalue weighted by atomic mass is 10.2. The summed E-state index contributed by atoms with van der Waals surface area (Å²) in [6.45, 7) is 7.06. The molecule has 132 valence electrons. The van der Waals surface area contributed by atoms with Crippen LogP contribution in [0.2, 0.25) is 0 Å². The fourth-order valence-electron chi connectivity index (χ4n) is 3.14. The summed E-state index contributed by atoms with van der Waals surface area (Å²) >= 11 is 0. The standard InChI is InChI=1S/C18H28N4O2/c1-21-9-11-22(12-10-21)13-14-24-16-6-4-15(5-7-16)20-18(23)17-3-2-8-19-17/h4-7,17,19H,2-3,8-14H2,1H3,(H,20,23). The molecule has 1 amide bonds. The van der Waals surface area contributed by atoms with Crippen LogP contribution >= 0.6 is 0 Å². The maximum atomic E-state index is 12.1. The Balaban J connectivity index is 1.39. The maximum absolute atomic E-state index is 12.1. The van der Waals surface area contributed by atoms with E-state index in [1.165, 1.54) is 0 Å². The lowest BCUT2D eigenvalue weighted by Gasteiger charge is -2.32. The summed E-state index contributed by atoms with van der Waals surface area (Å²) < 4.78 is 5.82. The Morgan fingerprint density at radius 3 is 2.67 bits per heavy atom. The fourth-order valence-corrected chi connectivity index (χ4v) is 3.14. The van der Waals surface area contributed by atoms with E-state index >= 15 is 0 Å². The Labute approximate surface area is 144 Å². The number of carbonyl (C=O) groups is 1. The molecule has 0 bridgehead atoms. The second-order valence-corrected chi connectivity index (χ2v) is 6.66. The first kappa shape index (κ1) is 17.2. The van der Waals surface area contributed by atoms with Crippen LogP contribution in [0.25, 0.3) is 0 Å². The zero-order valence-electron chi connectivity index (χ0n) is 14.5. The van der Waals surface area contributed by atoms with Crippen LogP contribution in [0, 0.1) is 0 Å². The zero-order chi connectivity index (χ0) is 16.8. The van der Waals surface area contributed by atoms with E-state index in [1.54, 1.807) is 0 Å². The van der Waals surface area contributed by atoms with Gasteiger partial charge in [0.2, 0.25) is 5.91 Å². The molecule has 0 saturated carbocycles. The minimum Gasteiger partial charge on any atom is -0.492 e.